The average molecular weight is 899 g/mol. The molecule has 0 spiro atoms. The van der Waals surface area contributed by atoms with Gasteiger partial charge in [-0.15, -0.1) is 0 Å². The molecule has 0 nitrogen and oxygen atoms in total. The second-order valence-electron chi connectivity index (χ2n) is 16.0. The highest BCUT2D eigenvalue weighted by molar-refractivity contribution is 7.85. The molecule has 0 bridgehead atoms. The molecule has 1 fully saturated rings. The maximum absolute atomic E-state index is 2.37. The van der Waals surface area contributed by atoms with E-state index < -0.39 is 31.7 Å². The van der Waals surface area contributed by atoms with Crippen molar-refractivity contribution in [2.45, 2.75) is 37.0 Å². The van der Waals surface area contributed by atoms with Gasteiger partial charge in [0, 0.05) is 0 Å². The topological polar surface area (TPSA) is 0 Å². The van der Waals surface area contributed by atoms with Gasteiger partial charge in [-0.3, -0.25) is 0 Å². The fourth-order valence-electron chi connectivity index (χ4n) is 9.12. The summed E-state index contributed by atoms with van der Waals surface area (Å²) in [6.07, 6.45) is 5.37. The molecule has 9 aromatic rings. The summed E-state index contributed by atoms with van der Waals surface area (Å²) in [4.78, 5) is 0. The van der Waals surface area contributed by atoms with E-state index in [1.54, 1.807) is 0 Å². The minimum Gasteiger partial charge on any atom is -0.0622 e. The van der Waals surface area contributed by atoms with Crippen molar-refractivity contribution in [2.24, 2.45) is 0 Å². The molecule has 0 aliphatic heterocycles. The van der Waals surface area contributed by atoms with Gasteiger partial charge in [-0.2, -0.15) is 0 Å². The number of benzene rings is 9. The van der Waals surface area contributed by atoms with Crippen molar-refractivity contribution >= 4 is 84.7 Å². The summed E-state index contributed by atoms with van der Waals surface area (Å²) in [7, 11) is -2.14. The van der Waals surface area contributed by atoms with Crippen LogP contribution in [0, 0.1) is 0 Å². The van der Waals surface area contributed by atoms with Gasteiger partial charge in [0.1, 0.15) is 0 Å². The van der Waals surface area contributed by atoms with Crippen molar-refractivity contribution in [1.29, 1.82) is 0 Å². The molecule has 2 atom stereocenters. The molecule has 1 saturated carbocycles. The molecular weight excluding hydrogens is 845 g/mol. The molecular formula is C60H54P4. The van der Waals surface area contributed by atoms with E-state index in [1.807, 2.05) is 0 Å². The lowest BCUT2D eigenvalue weighted by atomic mass is 9.99. The summed E-state index contributed by atoms with van der Waals surface area (Å²) < 4.78 is 0. The van der Waals surface area contributed by atoms with Gasteiger partial charge in [0.15, 0.2) is 0 Å². The van der Waals surface area contributed by atoms with E-state index in [0.717, 1.165) is 0 Å². The maximum atomic E-state index is 2.37. The summed E-state index contributed by atoms with van der Waals surface area (Å²) >= 11 is 0. The Morgan fingerprint density at radius 2 is 0.406 bits per heavy atom. The summed E-state index contributed by atoms with van der Waals surface area (Å²) in [5, 5.41) is 14.5. The molecule has 64 heavy (non-hydrogen) atoms. The first kappa shape index (κ1) is 43.9. The van der Waals surface area contributed by atoms with Crippen molar-refractivity contribution in [3.8, 4) is 0 Å². The van der Waals surface area contributed by atoms with Crippen LogP contribution in [0.5, 0.6) is 0 Å². The average Bonchev–Trinajstić information content (AvgIpc) is 3.38. The van der Waals surface area contributed by atoms with Crippen LogP contribution in [0.2, 0.25) is 0 Å². The summed E-state index contributed by atoms with van der Waals surface area (Å²) in [5.41, 5.74) is 1.41. The normalized spacial score (nSPS) is 14.9. The van der Waals surface area contributed by atoms with Gasteiger partial charge in [0.25, 0.3) is 0 Å². The first-order chi connectivity index (χ1) is 31.8. The van der Waals surface area contributed by atoms with Crippen LogP contribution in [-0.4, -0.2) is 11.3 Å². The highest BCUT2D eigenvalue weighted by Gasteiger charge is 2.39. The molecule has 1 aliphatic carbocycles. The van der Waals surface area contributed by atoms with Crippen molar-refractivity contribution in [3.63, 3.8) is 0 Å². The van der Waals surface area contributed by atoms with Crippen LogP contribution in [0.3, 0.4) is 0 Å². The first-order valence-corrected chi connectivity index (χ1v) is 28.0. The van der Waals surface area contributed by atoms with Gasteiger partial charge in [0.2, 0.25) is 0 Å². The monoisotopic (exact) mass is 898 g/mol. The van der Waals surface area contributed by atoms with Crippen LogP contribution >= 0.6 is 31.7 Å². The van der Waals surface area contributed by atoms with Crippen LogP contribution < -0.4 is 53.0 Å². The molecule has 0 N–H and O–H groups in total. The quantitative estimate of drug-likeness (QED) is 0.107. The van der Waals surface area contributed by atoms with Gasteiger partial charge >= 0.3 is 0 Å². The zero-order valence-corrected chi connectivity index (χ0v) is 39.8. The Morgan fingerprint density at radius 3 is 0.625 bits per heavy atom. The Bertz CT molecular complexity index is 2370. The Morgan fingerprint density at radius 1 is 0.219 bits per heavy atom. The highest BCUT2D eigenvalue weighted by atomic mass is 31.1. The van der Waals surface area contributed by atoms with Crippen LogP contribution in [0.1, 0.15) is 25.7 Å². The van der Waals surface area contributed by atoms with Gasteiger partial charge in [-0.25, -0.2) is 0 Å². The van der Waals surface area contributed by atoms with E-state index in [9.17, 15) is 0 Å². The van der Waals surface area contributed by atoms with Crippen LogP contribution in [-0.2, 0) is 0 Å². The molecule has 2 unspecified atom stereocenters. The lowest BCUT2D eigenvalue weighted by Crippen LogP contribution is -2.37. The lowest BCUT2D eigenvalue weighted by Gasteiger charge is -2.42. The lowest BCUT2D eigenvalue weighted by molar-refractivity contribution is 0.521. The second-order valence-corrected chi connectivity index (χ2v) is 25.2. The van der Waals surface area contributed by atoms with Crippen molar-refractivity contribution in [1.82, 2.24) is 0 Å². The van der Waals surface area contributed by atoms with E-state index in [2.05, 4.69) is 267 Å². The number of hydrogen-bond donors (Lipinski definition) is 0. The zero-order chi connectivity index (χ0) is 43.2. The Hall–Kier alpha value is -5.30. The van der Waals surface area contributed by atoms with E-state index in [-0.39, 0.29) is 0 Å². The fourth-order valence-corrected chi connectivity index (χ4v) is 21.2. The molecule has 1 aliphatic rings. The molecule has 4 heteroatoms. The Kier molecular flexibility index (Phi) is 15.5. The van der Waals surface area contributed by atoms with Crippen molar-refractivity contribution in [3.05, 3.63) is 267 Å². The highest BCUT2D eigenvalue weighted by Crippen LogP contribution is 2.56. The summed E-state index contributed by atoms with van der Waals surface area (Å²) in [6.45, 7) is 0. The van der Waals surface area contributed by atoms with Crippen molar-refractivity contribution in [2.75, 3.05) is 0 Å². The maximum Gasteiger partial charge on any atom is -0.00551 e. The SMILES string of the molecule is c1ccc(P(c2ccccc2)C2CCCCC2P(c2ccccc2)c2ccccc2)cc1.c1ccc(P(c2ccccc2)c2ccccc2P(c2ccccc2)c2ccccc2)cc1. The van der Waals surface area contributed by atoms with E-state index >= 15 is 0 Å². The summed E-state index contributed by atoms with van der Waals surface area (Å²) in [5.74, 6) is 0. The first-order valence-electron chi connectivity index (χ1n) is 22.5. The third-order valence-electron chi connectivity index (χ3n) is 11.9. The molecule has 9 aromatic carbocycles. The van der Waals surface area contributed by atoms with E-state index in [1.165, 1.54) is 78.7 Å². The third kappa shape index (κ3) is 10.6. The van der Waals surface area contributed by atoms with E-state index in [4.69, 9.17) is 0 Å². The van der Waals surface area contributed by atoms with Gasteiger partial charge in [0.05, 0.1) is 0 Å². The van der Waals surface area contributed by atoms with Crippen LogP contribution in [0.4, 0.5) is 0 Å². The molecule has 0 saturated heterocycles. The van der Waals surface area contributed by atoms with Crippen LogP contribution in [0.25, 0.3) is 0 Å². The number of rotatable bonds is 12. The molecule has 0 aromatic heterocycles. The predicted octanol–water partition coefficient (Wildman–Crippen LogP) is 11.8. The molecule has 0 amide bonds. The summed E-state index contributed by atoms with van der Waals surface area (Å²) in [6, 6.07) is 98.4. The minimum atomic E-state index is -0.664. The number of hydrogen-bond acceptors (Lipinski definition) is 0. The standard InChI is InChI=1S/C30H30P2.C30H24P2/c2*1-5-15-25(16-6-1)31(26-17-7-2-8-18-26)29-23-13-14-24-30(29)32(27-19-9-3-10-20-27)28-21-11-4-12-22-28/h1-12,15-22,29-30H,13-14,23-24H2;1-24H. The Balaban J connectivity index is 0.000000162. The van der Waals surface area contributed by atoms with Gasteiger partial charge in [-0.05, 0) is 109 Å². The fraction of sp³-hybridized carbons (Fsp3) is 0.100. The van der Waals surface area contributed by atoms with Crippen LogP contribution in [0.15, 0.2) is 267 Å². The van der Waals surface area contributed by atoms with E-state index in [0.29, 0.717) is 11.3 Å². The molecule has 314 valence electrons. The zero-order valence-electron chi connectivity index (χ0n) is 36.2. The van der Waals surface area contributed by atoms with Crippen molar-refractivity contribution < 1.29 is 0 Å². The third-order valence-corrected chi connectivity index (χ3v) is 23.3. The second kappa shape index (κ2) is 22.5. The Labute approximate surface area is 386 Å². The molecule has 0 radical (unpaired) electrons. The molecule has 10 rings (SSSR count). The van der Waals surface area contributed by atoms with Gasteiger partial charge < -0.3 is 0 Å². The molecule has 0 heterocycles. The minimum absolute atomic E-state index is 0.405. The largest absolute Gasteiger partial charge is 0.0622 e. The smallest absolute Gasteiger partial charge is 0.00551 e. The predicted molar refractivity (Wildman–Crippen MR) is 288 cm³/mol. The van der Waals surface area contributed by atoms with Gasteiger partial charge in [-0.1, -0.05) is 280 Å².